The Morgan fingerprint density at radius 1 is 1.19 bits per heavy atom. The molecule has 138 valence electrons. The highest BCUT2D eigenvalue weighted by Gasteiger charge is 2.23. The van der Waals surface area contributed by atoms with Crippen LogP contribution in [0.4, 0.5) is 9.52 Å². The molecule has 1 amide bonds. The Morgan fingerprint density at radius 2 is 1.89 bits per heavy atom. The van der Waals surface area contributed by atoms with Gasteiger partial charge in [0, 0.05) is 23.3 Å². The number of halogens is 1. The first-order valence-electron chi connectivity index (χ1n) is 8.20. The number of carbonyl (C=O) groups is 2. The summed E-state index contributed by atoms with van der Waals surface area (Å²) < 4.78 is 18.3. The molecule has 8 heteroatoms. The standard InChI is InChI=1S/C19H16FN3O3S/c1-2-16(26-18(25)13-7-9-21-10-8-13)17(24)23-19-22-15(11-27-19)12-3-5-14(20)6-4-12/h3-11,16H,2H2,1H3,(H,22,23,24). The number of hydrogen-bond acceptors (Lipinski definition) is 6. The number of nitrogens with one attached hydrogen (secondary N) is 1. The Kier molecular flexibility index (Phi) is 5.87. The van der Waals surface area contributed by atoms with Gasteiger partial charge in [-0.25, -0.2) is 14.2 Å². The van der Waals surface area contributed by atoms with Gasteiger partial charge in [0.05, 0.1) is 11.3 Å². The van der Waals surface area contributed by atoms with Crippen molar-refractivity contribution in [3.05, 3.63) is 65.6 Å². The minimum absolute atomic E-state index is 0.318. The maximum absolute atomic E-state index is 13.0. The van der Waals surface area contributed by atoms with Crippen LogP contribution < -0.4 is 5.32 Å². The molecule has 0 bridgehead atoms. The van der Waals surface area contributed by atoms with E-state index in [2.05, 4.69) is 15.3 Å². The van der Waals surface area contributed by atoms with Crippen LogP contribution in [0.15, 0.2) is 54.2 Å². The number of carbonyl (C=O) groups excluding carboxylic acids is 2. The first kappa shape index (κ1) is 18.7. The van der Waals surface area contributed by atoms with Crippen LogP contribution in [-0.4, -0.2) is 27.9 Å². The highest BCUT2D eigenvalue weighted by atomic mass is 32.1. The Balaban J connectivity index is 1.65. The van der Waals surface area contributed by atoms with E-state index < -0.39 is 18.0 Å². The zero-order valence-corrected chi connectivity index (χ0v) is 15.2. The number of nitrogens with zero attached hydrogens (tertiary/aromatic N) is 2. The van der Waals surface area contributed by atoms with Crippen molar-refractivity contribution >= 4 is 28.3 Å². The predicted molar refractivity (Wildman–Crippen MR) is 99.9 cm³/mol. The van der Waals surface area contributed by atoms with Gasteiger partial charge in [0.15, 0.2) is 11.2 Å². The number of esters is 1. The van der Waals surface area contributed by atoms with E-state index in [4.69, 9.17) is 4.74 Å². The molecular formula is C19H16FN3O3S. The third-order valence-electron chi connectivity index (χ3n) is 3.70. The van der Waals surface area contributed by atoms with Crippen molar-refractivity contribution in [1.29, 1.82) is 0 Å². The number of aromatic nitrogens is 2. The van der Waals surface area contributed by atoms with Crippen LogP contribution in [0.5, 0.6) is 0 Å². The molecule has 0 aliphatic carbocycles. The lowest BCUT2D eigenvalue weighted by Crippen LogP contribution is -2.32. The summed E-state index contributed by atoms with van der Waals surface area (Å²) >= 11 is 1.23. The van der Waals surface area contributed by atoms with Gasteiger partial charge in [-0.15, -0.1) is 11.3 Å². The van der Waals surface area contributed by atoms with Gasteiger partial charge < -0.3 is 4.74 Å². The van der Waals surface area contributed by atoms with Crippen LogP contribution in [0.25, 0.3) is 11.3 Å². The summed E-state index contributed by atoms with van der Waals surface area (Å²) in [6, 6.07) is 8.95. The average Bonchev–Trinajstić information content (AvgIpc) is 3.15. The molecule has 3 rings (SSSR count). The highest BCUT2D eigenvalue weighted by molar-refractivity contribution is 7.14. The van der Waals surface area contributed by atoms with Crippen molar-refractivity contribution in [3.8, 4) is 11.3 Å². The summed E-state index contributed by atoms with van der Waals surface area (Å²) in [5.74, 6) is -1.38. The quantitative estimate of drug-likeness (QED) is 0.651. The summed E-state index contributed by atoms with van der Waals surface area (Å²) in [6.45, 7) is 1.75. The van der Waals surface area contributed by atoms with Crippen LogP contribution in [0, 0.1) is 5.82 Å². The summed E-state index contributed by atoms with van der Waals surface area (Å²) in [5, 5.41) is 4.79. The normalized spacial score (nSPS) is 11.6. The van der Waals surface area contributed by atoms with Crippen LogP contribution in [-0.2, 0) is 9.53 Å². The number of thiazole rings is 1. The molecular weight excluding hydrogens is 369 g/mol. The van der Waals surface area contributed by atoms with Crippen molar-refractivity contribution < 1.29 is 18.7 Å². The molecule has 0 radical (unpaired) electrons. The molecule has 3 aromatic rings. The number of hydrogen-bond donors (Lipinski definition) is 1. The third kappa shape index (κ3) is 4.73. The highest BCUT2D eigenvalue weighted by Crippen LogP contribution is 2.25. The molecule has 0 aliphatic rings. The fraction of sp³-hybridized carbons (Fsp3) is 0.158. The second-order valence-corrected chi connectivity index (χ2v) is 6.43. The van der Waals surface area contributed by atoms with Crippen molar-refractivity contribution in [2.75, 3.05) is 5.32 Å². The Labute approximate surface area is 159 Å². The van der Waals surface area contributed by atoms with Crippen LogP contribution in [0.1, 0.15) is 23.7 Å². The molecule has 1 unspecified atom stereocenters. The van der Waals surface area contributed by atoms with Crippen LogP contribution in [0.2, 0.25) is 0 Å². The van der Waals surface area contributed by atoms with Gasteiger partial charge in [-0.3, -0.25) is 15.1 Å². The fourth-order valence-electron chi connectivity index (χ4n) is 2.28. The average molecular weight is 385 g/mol. The zero-order chi connectivity index (χ0) is 19.2. The molecule has 2 heterocycles. The summed E-state index contributed by atoms with van der Waals surface area (Å²) in [5.41, 5.74) is 1.69. The molecule has 0 saturated carbocycles. The Hall–Kier alpha value is -3.13. The molecule has 0 saturated heterocycles. The van der Waals surface area contributed by atoms with E-state index in [0.29, 0.717) is 22.8 Å². The van der Waals surface area contributed by atoms with Gasteiger partial charge in [-0.1, -0.05) is 6.92 Å². The van der Waals surface area contributed by atoms with Crippen molar-refractivity contribution in [2.24, 2.45) is 0 Å². The van der Waals surface area contributed by atoms with E-state index in [0.717, 1.165) is 5.56 Å². The van der Waals surface area contributed by atoms with Gasteiger partial charge in [0.2, 0.25) is 0 Å². The Bertz CT molecular complexity index is 929. The Morgan fingerprint density at radius 3 is 2.56 bits per heavy atom. The van der Waals surface area contributed by atoms with E-state index >= 15 is 0 Å². The zero-order valence-electron chi connectivity index (χ0n) is 14.4. The first-order valence-corrected chi connectivity index (χ1v) is 9.08. The smallest absolute Gasteiger partial charge is 0.339 e. The minimum Gasteiger partial charge on any atom is -0.449 e. The van der Waals surface area contributed by atoms with E-state index in [1.54, 1.807) is 24.4 Å². The van der Waals surface area contributed by atoms with Gasteiger partial charge in [0.1, 0.15) is 5.82 Å². The monoisotopic (exact) mass is 385 g/mol. The number of ether oxygens (including phenoxy) is 1. The summed E-state index contributed by atoms with van der Waals surface area (Å²) in [7, 11) is 0. The lowest BCUT2D eigenvalue weighted by atomic mass is 10.2. The minimum atomic E-state index is -0.941. The lowest BCUT2D eigenvalue weighted by molar-refractivity contribution is -0.124. The van der Waals surface area contributed by atoms with Crippen molar-refractivity contribution in [2.45, 2.75) is 19.4 Å². The maximum Gasteiger partial charge on any atom is 0.339 e. The molecule has 1 N–H and O–H groups in total. The summed E-state index contributed by atoms with van der Waals surface area (Å²) in [6.07, 6.45) is 2.33. The van der Waals surface area contributed by atoms with E-state index in [-0.39, 0.29) is 5.82 Å². The van der Waals surface area contributed by atoms with E-state index in [1.807, 2.05) is 0 Å². The SMILES string of the molecule is CCC(OC(=O)c1ccncc1)C(=O)Nc1nc(-c2ccc(F)cc2)cs1. The van der Waals surface area contributed by atoms with Crippen molar-refractivity contribution in [1.82, 2.24) is 9.97 Å². The lowest BCUT2D eigenvalue weighted by Gasteiger charge is -2.15. The molecule has 6 nitrogen and oxygen atoms in total. The number of amides is 1. The molecule has 0 spiro atoms. The van der Waals surface area contributed by atoms with Crippen molar-refractivity contribution in [3.63, 3.8) is 0 Å². The largest absolute Gasteiger partial charge is 0.449 e. The molecule has 0 aliphatic heterocycles. The van der Waals surface area contributed by atoms with E-state index in [9.17, 15) is 14.0 Å². The second-order valence-electron chi connectivity index (χ2n) is 5.57. The van der Waals surface area contributed by atoms with Crippen LogP contribution >= 0.6 is 11.3 Å². The number of rotatable bonds is 6. The number of anilines is 1. The van der Waals surface area contributed by atoms with E-state index in [1.165, 1.54) is 48.0 Å². The molecule has 27 heavy (non-hydrogen) atoms. The topological polar surface area (TPSA) is 81.2 Å². The number of pyridine rings is 1. The second kappa shape index (κ2) is 8.50. The molecule has 2 aromatic heterocycles. The molecule has 0 fully saturated rings. The number of benzene rings is 1. The molecule has 1 atom stereocenters. The summed E-state index contributed by atoms with van der Waals surface area (Å²) in [4.78, 5) is 32.7. The van der Waals surface area contributed by atoms with Crippen LogP contribution in [0.3, 0.4) is 0 Å². The first-order chi connectivity index (χ1) is 13.1. The van der Waals surface area contributed by atoms with Gasteiger partial charge >= 0.3 is 5.97 Å². The van der Waals surface area contributed by atoms with Gasteiger partial charge in [-0.2, -0.15) is 0 Å². The third-order valence-corrected chi connectivity index (χ3v) is 4.46. The molecule has 1 aromatic carbocycles. The predicted octanol–water partition coefficient (Wildman–Crippen LogP) is 3.92. The van der Waals surface area contributed by atoms with Gasteiger partial charge in [0.25, 0.3) is 5.91 Å². The maximum atomic E-state index is 13.0. The fourth-order valence-corrected chi connectivity index (χ4v) is 3.00. The van der Waals surface area contributed by atoms with Gasteiger partial charge in [-0.05, 0) is 42.8 Å².